The van der Waals surface area contributed by atoms with Gasteiger partial charge in [-0.3, -0.25) is 4.90 Å². The predicted octanol–water partition coefficient (Wildman–Crippen LogP) is 4.37. The van der Waals surface area contributed by atoms with Gasteiger partial charge in [-0.1, -0.05) is 29.8 Å². The van der Waals surface area contributed by atoms with Gasteiger partial charge in [-0.25, -0.2) is 18.4 Å². The molecule has 198 valence electrons. The molecule has 0 saturated carbocycles. The number of aromatic nitrogens is 2. The highest BCUT2D eigenvalue weighted by atomic mass is 35.5. The molecule has 0 spiro atoms. The Kier molecular flexibility index (Phi) is 6.73. The van der Waals surface area contributed by atoms with Gasteiger partial charge in [0.1, 0.15) is 5.69 Å². The zero-order valence-electron chi connectivity index (χ0n) is 20.8. The molecule has 1 atom stereocenters. The van der Waals surface area contributed by atoms with Gasteiger partial charge in [0, 0.05) is 37.7 Å². The lowest BCUT2D eigenvalue weighted by molar-refractivity contribution is 0.174. The van der Waals surface area contributed by atoms with Crippen molar-refractivity contribution in [2.45, 2.75) is 16.7 Å². The Labute approximate surface area is 231 Å². The first kappa shape index (κ1) is 25.4. The number of benzene rings is 3. The Hall–Kier alpha value is -3.91. The minimum absolute atomic E-state index is 0.00732. The first-order valence-electron chi connectivity index (χ1n) is 12.4. The molecule has 0 amide bonds. The summed E-state index contributed by atoms with van der Waals surface area (Å²) < 4.78 is 38.1. The summed E-state index contributed by atoms with van der Waals surface area (Å²) >= 11 is 5.97. The van der Waals surface area contributed by atoms with Gasteiger partial charge in [0.25, 0.3) is 0 Å². The fourth-order valence-electron chi connectivity index (χ4n) is 4.87. The minimum atomic E-state index is -4.09. The molecule has 1 aromatic heterocycles. The van der Waals surface area contributed by atoms with Crippen molar-refractivity contribution < 1.29 is 17.9 Å². The molecule has 2 aliphatic heterocycles. The molecule has 3 heterocycles. The number of hydrogen-bond acceptors (Lipinski definition) is 9. The van der Waals surface area contributed by atoms with E-state index in [-0.39, 0.29) is 17.4 Å². The van der Waals surface area contributed by atoms with E-state index in [1.807, 2.05) is 47.4 Å². The molecule has 4 aromatic rings. The van der Waals surface area contributed by atoms with Gasteiger partial charge in [0.15, 0.2) is 22.6 Å². The summed E-state index contributed by atoms with van der Waals surface area (Å²) in [6.07, 6.45) is 0. The summed E-state index contributed by atoms with van der Waals surface area (Å²) in [6.45, 7) is 3.64. The van der Waals surface area contributed by atoms with E-state index < -0.39 is 15.1 Å². The number of para-hydroxylation sites is 2. The van der Waals surface area contributed by atoms with E-state index in [0.29, 0.717) is 35.0 Å². The van der Waals surface area contributed by atoms with Crippen LogP contribution in [0.25, 0.3) is 11.0 Å². The molecule has 39 heavy (non-hydrogen) atoms. The fourth-order valence-corrected chi connectivity index (χ4v) is 6.37. The Bertz CT molecular complexity index is 1680. The lowest BCUT2D eigenvalue weighted by Gasteiger charge is -2.36. The Morgan fingerprint density at radius 3 is 2.33 bits per heavy atom. The first-order chi connectivity index (χ1) is 18.9. The Morgan fingerprint density at radius 1 is 0.923 bits per heavy atom. The number of hydrogen-bond donors (Lipinski definition) is 0. The zero-order valence-corrected chi connectivity index (χ0v) is 22.4. The maximum absolute atomic E-state index is 13.6. The molecule has 1 fully saturated rings. The quantitative estimate of drug-likeness (QED) is 0.339. The normalized spacial score (nSPS) is 16.3. The number of sulfone groups is 1. The number of halogens is 1. The van der Waals surface area contributed by atoms with Gasteiger partial charge in [-0.15, -0.1) is 0 Å². The van der Waals surface area contributed by atoms with E-state index in [9.17, 15) is 13.7 Å². The van der Waals surface area contributed by atoms with Crippen molar-refractivity contribution in [2.24, 2.45) is 0 Å². The summed E-state index contributed by atoms with van der Waals surface area (Å²) in [5, 5.41) is 9.01. The minimum Gasteiger partial charge on any atom is -0.454 e. The van der Waals surface area contributed by atoms with Crippen LogP contribution in [0, 0.1) is 11.3 Å². The van der Waals surface area contributed by atoms with Crippen LogP contribution in [0.1, 0.15) is 16.5 Å². The average Bonchev–Trinajstić information content (AvgIpc) is 3.42. The second kappa shape index (κ2) is 10.3. The summed E-state index contributed by atoms with van der Waals surface area (Å²) in [4.78, 5) is 13.8. The van der Waals surface area contributed by atoms with Gasteiger partial charge < -0.3 is 14.4 Å². The molecular formula is C28H24ClN5O4S. The monoisotopic (exact) mass is 561 g/mol. The average molecular weight is 562 g/mol. The SMILES string of the molecule is N#CC(c1nc2ccccc2nc1N1CCN(Cc2ccc3c(c2)OCO3)CC1)S(=O)(=O)c1ccc(Cl)cc1. The first-order valence-corrected chi connectivity index (χ1v) is 14.4. The van der Waals surface area contributed by atoms with Crippen LogP contribution in [0.5, 0.6) is 11.5 Å². The highest BCUT2D eigenvalue weighted by Crippen LogP contribution is 2.35. The van der Waals surface area contributed by atoms with Crippen molar-refractivity contribution in [2.75, 3.05) is 37.9 Å². The topological polar surface area (TPSA) is 109 Å². The van der Waals surface area contributed by atoms with Crippen LogP contribution >= 0.6 is 11.6 Å². The van der Waals surface area contributed by atoms with Crippen LogP contribution in [-0.2, 0) is 16.4 Å². The third-order valence-electron chi connectivity index (χ3n) is 6.91. The van der Waals surface area contributed by atoms with Crippen LogP contribution < -0.4 is 14.4 Å². The van der Waals surface area contributed by atoms with Crippen molar-refractivity contribution in [1.29, 1.82) is 5.26 Å². The molecule has 2 aliphatic rings. The standard InChI is InChI=1S/C28H24ClN5O4S/c29-20-6-8-21(9-7-20)39(35,36)26(16-30)27-28(32-23-4-2-1-3-22(23)31-27)34-13-11-33(12-14-34)17-19-5-10-24-25(15-19)38-18-37-24/h1-10,15,26H,11-14,17-18H2. The largest absolute Gasteiger partial charge is 0.454 e. The van der Waals surface area contributed by atoms with Gasteiger partial charge in [0.05, 0.1) is 22.0 Å². The van der Waals surface area contributed by atoms with E-state index in [2.05, 4.69) is 9.88 Å². The van der Waals surface area contributed by atoms with Crippen LogP contribution in [0.4, 0.5) is 5.82 Å². The van der Waals surface area contributed by atoms with E-state index in [1.54, 1.807) is 6.07 Å². The van der Waals surface area contributed by atoms with Gasteiger partial charge in [-0.05, 0) is 54.1 Å². The molecule has 1 unspecified atom stereocenters. The fraction of sp³-hybridized carbons (Fsp3) is 0.250. The number of ether oxygens (including phenoxy) is 2. The van der Waals surface area contributed by atoms with Crippen LogP contribution in [0.3, 0.4) is 0 Å². The molecular weight excluding hydrogens is 538 g/mol. The molecule has 0 bridgehead atoms. The van der Waals surface area contributed by atoms with Crippen molar-refractivity contribution in [1.82, 2.24) is 14.9 Å². The lowest BCUT2D eigenvalue weighted by atomic mass is 10.1. The Balaban J connectivity index is 1.29. The van der Waals surface area contributed by atoms with Crippen LogP contribution in [0.2, 0.25) is 5.02 Å². The number of rotatable bonds is 6. The Morgan fingerprint density at radius 2 is 1.62 bits per heavy atom. The van der Waals surface area contributed by atoms with Gasteiger partial charge in [-0.2, -0.15) is 5.26 Å². The zero-order chi connectivity index (χ0) is 27.0. The molecule has 3 aromatic carbocycles. The molecule has 0 aliphatic carbocycles. The maximum Gasteiger partial charge on any atom is 0.231 e. The van der Waals surface area contributed by atoms with Gasteiger partial charge in [0.2, 0.25) is 16.6 Å². The van der Waals surface area contributed by atoms with E-state index in [1.165, 1.54) is 24.3 Å². The summed E-state index contributed by atoms with van der Waals surface area (Å²) in [5.74, 6) is 1.93. The van der Waals surface area contributed by atoms with Crippen molar-refractivity contribution in [3.8, 4) is 17.6 Å². The number of fused-ring (bicyclic) bond motifs is 2. The summed E-state index contributed by atoms with van der Waals surface area (Å²) in [7, 11) is -4.09. The second-order valence-electron chi connectivity index (χ2n) is 9.38. The summed E-state index contributed by atoms with van der Waals surface area (Å²) in [6, 6.07) is 21.0. The van der Waals surface area contributed by atoms with Crippen molar-refractivity contribution in [3.63, 3.8) is 0 Å². The third kappa shape index (κ3) is 4.96. The maximum atomic E-state index is 13.6. The number of nitriles is 1. The number of anilines is 1. The molecule has 9 nitrogen and oxygen atoms in total. The summed E-state index contributed by atoms with van der Waals surface area (Å²) in [5.41, 5.74) is 2.43. The molecule has 0 radical (unpaired) electrons. The van der Waals surface area contributed by atoms with Crippen molar-refractivity contribution >= 4 is 38.3 Å². The van der Waals surface area contributed by atoms with E-state index in [4.69, 9.17) is 26.1 Å². The molecule has 6 rings (SSSR count). The highest BCUT2D eigenvalue weighted by molar-refractivity contribution is 7.92. The predicted molar refractivity (Wildman–Crippen MR) is 147 cm³/mol. The van der Waals surface area contributed by atoms with E-state index in [0.717, 1.165) is 36.7 Å². The molecule has 0 N–H and O–H groups in total. The smallest absolute Gasteiger partial charge is 0.231 e. The van der Waals surface area contributed by atoms with Crippen LogP contribution in [0.15, 0.2) is 71.6 Å². The van der Waals surface area contributed by atoms with Crippen molar-refractivity contribution in [3.05, 3.63) is 83.0 Å². The van der Waals surface area contributed by atoms with Gasteiger partial charge >= 0.3 is 0 Å². The van der Waals surface area contributed by atoms with E-state index >= 15 is 0 Å². The van der Waals surface area contributed by atoms with Crippen LogP contribution in [-0.4, -0.2) is 56.3 Å². The molecule has 11 heteroatoms. The third-order valence-corrected chi connectivity index (χ3v) is 9.04. The molecule has 1 saturated heterocycles. The highest BCUT2D eigenvalue weighted by Gasteiger charge is 2.35. The number of nitrogens with zero attached hydrogens (tertiary/aromatic N) is 5. The second-order valence-corrected chi connectivity index (χ2v) is 11.8. The lowest BCUT2D eigenvalue weighted by Crippen LogP contribution is -2.46. The number of piperazine rings is 1.